The van der Waals surface area contributed by atoms with Crippen molar-refractivity contribution >= 4 is 41.1 Å². The summed E-state index contributed by atoms with van der Waals surface area (Å²) in [4.78, 5) is 20.4. The maximum absolute atomic E-state index is 10.7. The molecule has 1 aromatic rings. The van der Waals surface area contributed by atoms with Crippen LogP contribution in [0, 0.1) is 10.1 Å². The van der Waals surface area contributed by atoms with Crippen molar-refractivity contribution in [3.8, 4) is 0 Å². The molecule has 17 heavy (non-hydrogen) atoms. The first-order chi connectivity index (χ1) is 7.91. The SMILES string of the molecule is NC(=O)NN=Cc1cc(Cl)c(Cl)cc1[N+](=O)[O-]. The van der Waals surface area contributed by atoms with Gasteiger partial charge in [0.2, 0.25) is 0 Å². The van der Waals surface area contributed by atoms with Gasteiger partial charge >= 0.3 is 6.03 Å². The lowest BCUT2D eigenvalue weighted by Crippen LogP contribution is -2.24. The Kier molecular flexibility index (Phi) is 4.24. The van der Waals surface area contributed by atoms with E-state index in [0.29, 0.717) is 0 Å². The molecule has 0 radical (unpaired) electrons. The number of carbonyl (C=O) groups excluding carboxylic acids is 1. The number of urea groups is 1. The van der Waals surface area contributed by atoms with Crippen LogP contribution in [0.4, 0.5) is 10.5 Å². The standard InChI is InChI=1S/C8H6Cl2N4O3/c9-5-1-4(3-12-13-8(11)15)7(14(16)17)2-6(5)10/h1-3H,(H3,11,13,15). The van der Waals surface area contributed by atoms with E-state index in [4.69, 9.17) is 28.9 Å². The maximum Gasteiger partial charge on any atom is 0.332 e. The van der Waals surface area contributed by atoms with Gasteiger partial charge in [0.25, 0.3) is 5.69 Å². The molecule has 0 fully saturated rings. The zero-order chi connectivity index (χ0) is 13.0. The molecule has 0 spiro atoms. The first-order valence-corrected chi connectivity index (χ1v) is 4.89. The number of nitrogens with one attached hydrogen (secondary N) is 1. The lowest BCUT2D eigenvalue weighted by molar-refractivity contribution is -0.385. The van der Waals surface area contributed by atoms with Gasteiger partial charge in [0.15, 0.2) is 0 Å². The lowest BCUT2D eigenvalue weighted by Gasteiger charge is -2.00. The van der Waals surface area contributed by atoms with E-state index in [9.17, 15) is 14.9 Å². The second-order valence-electron chi connectivity index (χ2n) is 2.82. The second-order valence-corrected chi connectivity index (χ2v) is 3.63. The Morgan fingerprint density at radius 1 is 1.47 bits per heavy atom. The van der Waals surface area contributed by atoms with Crippen molar-refractivity contribution in [2.24, 2.45) is 10.8 Å². The quantitative estimate of drug-likeness (QED) is 0.500. The van der Waals surface area contributed by atoms with Crippen molar-refractivity contribution < 1.29 is 9.72 Å². The maximum atomic E-state index is 10.7. The van der Waals surface area contributed by atoms with Crippen LogP contribution >= 0.6 is 23.2 Å². The summed E-state index contributed by atoms with van der Waals surface area (Å²) in [5, 5.41) is 14.3. The van der Waals surface area contributed by atoms with Crippen LogP contribution in [0.2, 0.25) is 10.0 Å². The summed E-state index contributed by atoms with van der Waals surface area (Å²) >= 11 is 11.3. The van der Waals surface area contributed by atoms with Crippen molar-refractivity contribution in [1.29, 1.82) is 0 Å². The number of hydrazone groups is 1. The Morgan fingerprint density at radius 2 is 2.06 bits per heavy atom. The highest BCUT2D eigenvalue weighted by Crippen LogP contribution is 2.29. The van der Waals surface area contributed by atoms with Crippen LogP contribution in [0.25, 0.3) is 0 Å². The molecule has 0 unspecified atom stereocenters. The topological polar surface area (TPSA) is 111 Å². The molecular weight excluding hydrogens is 271 g/mol. The lowest BCUT2D eigenvalue weighted by atomic mass is 10.2. The number of hydrogen-bond donors (Lipinski definition) is 2. The number of hydrogen-bond acceptors (Lipinski definition) is 4. The van der Waals surface area contributed by atoms with Crippen molar-refractivity contribution in [3.63, 3.8) is 0 Å². The molecule has 2 amide bonds. The van der Waals surface area contributed by atoms with E-state index in [0.717, 1.165) is 12.3 Å². The Bertz CT molecular complexity index is 504. The Labute approximate surface area is 105 Å². The van der Waals surface area contributed by atoms with E-state index in [2.05, 4.69) is 5.10 Å². The molecule has 3 N–H and O–H groups in total. The average Bonchev–Trinajstić information content (AvgIpc) is 2.22. The van der Waals surface area contributed by atoms with E-state index in [1.165, 1.54) is 6.07 Å². The molecule has 0 saturated carbocycles. The summed E-state index contributed by atoms with van der Waals surface area (Å²) in [6, 6.07) is 1.47. The third-order valence-corrected chi connectivity index (χ3v) is 2.37. The van der Waals surface area contributed by atoms with Gasteiger partial charge in [0, 0.05) is 6.07 Å². The monoisotopic (exact) mass is 276 g/mol. The van der Waals surface area contributed by atoms with Gasteiger partial charge in [0.05, 0.1) is 26.7 Å². The van der Waals surface area contributed by atoms with Gasteiger partial charge < -0.3 is 5.73 Å². The molecule has 0 atom stereocenters. The molecule has 0 heterocycles. The highest BCUT2D eigenvalue weighted by Gasteiger charge is 2.15. The number of benzene rings is 1. The molecule has 0 aromatic heterocycles. The third kappa shape index (κ3) is 3.58. The number of nitro benzene ring substituents is 1. The van der Waals surface area contributed by atoms with E-state index in [-0.39, 0.29) is 21.3 Å². The smallest absolute Gasteiger partial charge is 0.332 e. The van der Waals surface area contributed by atoms with Crippen molar-refractivity contribution in [1.82, 2.24) is 5.43 Å². The number of nitrogens with zero attached hydrogens (tertiary/aromatic N) is 2. The minimum Gasteiger partial charge on any atom is -0.350 e. The van der Waals surface area contributed by atoms with Crippen LogP contribution in [0.5, 0.6) is 0 Å². The van der Waals surface area contributed by atoms with Crippen molar-refractivity contribution in [2.75, 3.05) is 0 Å². The largest absolute Gasteiger partial charge is 0.350 e. The van der Waals surface area contributed by atoms with Gasteiger partial charge in [-0.05, 0) is 6.07 Å². The molecule has 0 aliphatic carbocycles. The highest BCUT2D eigenvalue weighted by molar-refractivity contribution is 6.42. The minimum atomic E-state index is -0.885. The first-order valence-electron chi connectivity index (χ1n) is 4.13. The Balaban J connectivity index is 3.13. The zero-order valence-electron chi connectivity index (χ0n) is 8.18. The van der Waals surface area contributed by atoms with Gasteiger partial charge in [-0.3, -0.25) is 10.1 Å². The van der Waals surface area contributed by atoms with Gasteiger partial charge in [-0.25, -0.2) is 10.2 Å². The summed E-state index contributed by atoms with van der Waals surface area (Å²) in [6.45, 7) is 0. The van der Waals surface area contributed by atoms with Crippen LogP contribution in [-0.4, -0.2) is 17.2 Å². The number of nitro groups is 1. The molecular formula is C8H6Cl2N4O3. The number of rotatable bonds is 3. The number of nitrogens with two attached hydrogens (primary N) is 1. The molecule has 0 saturated heterocycles. The molecule has 90 valence electrons. The molecule has 7 nitrogen and oxygen atoms in total. The van der Waals surface area contributed by atoms with E-state index < -0.39 is 11.0 Å². The minimum absolute atomic E-state index is 0.0541. The van der Waals surface area contributed by atoms with Gasteiger partial charge in [-0.2, -0.15) is 5.10 Å². The fourth-order valence-electron chi connectivity index (χ4n) is 0.979. The highest BCUT2D eigenvalue weighted by atomic mass is 35.5. The molecule has 0 aliphatic heterocycles. The first kappa shape index (κ1) is 13.2. The van der Waals surface area contributed by atoms with Crippen LogP contribution < -0.4 is 11.2 Å². The number of amides is 2. The molecule has 1 rings (SSSR count). The summed E-state index contributed by atoms with van der Waals surface area (Å²) < 4.78 is 0. The second kappa shape index (κ2) is 5.46. The number of halogens is 2. The average molecular weight is 277 g/mol. The molecule has 1 aromatic carbocycles. The summed E-state index contributed by atoms with van der Waals surface area (Å²) in [5.74, 6) is 0. The third-order valence-electron chi connectivity index (χ3n) is 1.64. The van der Waals surface area contributed by atoms with Crippen LogP contribution in [0.15, 0.2) is 17.2 Å². The molecule has 0 aliphatic rings. The Hall–Kier alpha value is -1.86. The summed E-state index contributed by atoms with van der Waals surface area (Å²) in [5.41, 5.74) is 6.48. The van der Waals surface area contributed by atoms with Crippen LogP contribution in [0.3, 0.4) is 0 Å². The predicted octanol–water partition coefficient (Wildman–Crippen LogP) is 1.90. The van der Waals surface area contributed by atoms with E-state index in [1.807, 2.05) is 5.43 Å². The summed E-state index contributed by atoms with van der Waals surface area (Å²) in [6.07, 6.45) is 1.05. The fraction of sp³-hybridized carbons (Fsp3) is 0. The van der Waals surface area contributed by atoms with Gasteiger partial charge in [-0.15, -0.1) is 0 Å². The predicted molar refractivity (Wildman–Crippen MR) is 63.4 cm³/mol. The van der Waals surface area contributed by atoms with Crippen molar-refractivity contribution in [2.45, 2.75) is 0 Å². The van der Waals surface area contributed by atoms with E-state index in [1.54, 1.807) is 0 Å². The van der Waals surface area contributed by atoms with Crippen LogP contribution in [0.1, 0.15) is 5.56 Å². The molecule has 9 heteroatoms. The van der Waals surface area contributed by atoms with Crippen molar-refractivity contribution in [3.05, 3.63) is 37.9 Å². The van der Waals surface area contributed by atoms with Crippen LogP contribution in [-0.2, 0) is 0 Å². The zero-order valence-corrected chi connectivity index (χ0v) is 9.70. The fourth-order valence-corrected chi connectivity index (χ4v) is 1.31. The molecule has 0 bridgehead atoms. The number of carbonyl (C=O) groups is 1. The summed E-state index contributed by atoms with van der Waals surface area (Å²) in [7, 11) is 0. The normalized spacial score (nSPS) is 10.5. The Morgan fingerprint density at radius 3 is 2.59 bits per heavy atom. The van der Waals surface area contributed by atoms with E-state index >= 15 is 0 Å². The number of primary amides is 1. The van der Waals surface area contributed by atoms with Gasteiger partial charge in [-0.1, -0.05) is 23.2 Å². The van der Waals surface area contributed by atoms with Gasteiger partial charge in [0.1, 0.15) is 0 Å².